The van der Waals surface area contributed by atoms with E-state index in [1.165, 1.54) is 0 Å². The molecule has 0 aliphatic carbocycles. The number of nitrogens with zero attached hydrogens (tertiary/aromatic N) is 1. The fraction of sp³-hybridized carbons (Fsp3) is 0.310. The third kappa shape index (κ3) is 9.57. The Labute approximate surface area is 238 Å². The Morgan fingerprint density at radius 1 is 0.919 bits per heavy atom. The summed E-state index contributed by atoms with van der Waals surface area (Å²) in [6.07, 6.45) is 1.38. The van der Waals surface area contributed by atoms with E-state index in [0.29, 0.717) is 34.3 Å². The number of thioether (sulfide) groups is 1. The van der Waals surface area contributed by atoms with Crippen molar-refractivity contribution in [3.8, 4) is 0 Å². The number of halogens is 3. The topological polar surface area (TPSA) is 49.4 Å². The minimum atomic E-state index is -0.687. The molecule has 0 heterocycles. The van der Waals surface area contributed by atoms with Crippen LogP contribution in [0.5, 0.6) is 0 Å². The highest BCUT2D eigenvalue weighted by molar-refractivity contribution is 7.99. The highest BCUT2D eigenvalue weighted by atomic mass is 35.5. The van der Waals surface area contributed by atoms with E-state index in [0.717, 1.165) is 21.8 Å². The Morgan fingerprint density at radius 3 is 2.24 bits per heavy atom. The summed E-state index contributed by atoms with van der Waals surface area (Å²) in [4.78, 5) is 29.8. The van der Waals surface area contributed by atoms with Gasteiger partial charge in [-0.15, -0.1) is 11.8 Å². The van der Waals surface area contributed by atoms with E-state index in [2.05, 4.69) is 5.32 Å². The number of carbonyl (C=O) groups excluding carboxylic acids is 2. The smallest absolute Gasteiger partial charge is 0.243 e. The van der Waals surface area contributed by atoms with Crippen molar-refractivity contribution in [3.63, 3.8) is 0 Å². The van der Waals surface area contributed by atoms with Crippen LogP contribution in [0.4, 0.5) is 0 Å². The van der Waals surface area contributed by atoms with Crippen LogP contribution >= 0.6 is 46.6 Å². The van der Waals surface area contributed by atoms with Gasteiger partial charge in [-0.3, -0.25) is 9.59 Å². The van der Waals surface area contributed by atoms with Gasteiger partial charge in [0.1, 0.15) is 6.04 Å². The summed E-state index contributed by atoms with van der Waals surface area (Å²) in [5.41, 5.74) is 1.72. The zero-order chi connectivity index (χ0) is 26.8. The molecule has 0 aliphatic heterocycles. The predicted octanol–water partition coefficient (Wildman–Crippen LogP) is 7.68. The molecule has 8 heteroatoms. The van der Waals surface area contributed by atoms with Gasteiger partial charge in [0.2, 0.25) is 11.8 Å². The van der Waals surface area contributed by atoms with E-state index in [1.54, 1.807) is 34.9 Å². The van der Waals surface area contributed by atoms with Crippen molar-refractivity contribution in [1.29, 1.82) is 0 Å². The molecule has 0 spiro atoms. The van der Waals surface area contributed by atoms with Gasteiger partial charge in [0.25, 0.3) is 0 Å². The van der Waals surface area contributed by atoms with Gasteiger partial charge >= 0.3 is 0 Å². The molecule has 0 aromatic heterocycles. The van der Waals surface area contributed by atoms with Gasteiger partial charge < -0.3 is 10.2 Å². The van der Waals surface area contributed by atoms with E-state index in [-0.39, 0.29) is 24.4 Å². The first-order chi connectivity index (χ1) is 17.7. The Balaban J connectivity index is 1.81. The highest BCUT2D eigenvalue weighted by Crippen LogP contribution is 2.26. The standard InChI is InChI=1S/C29H31Cl3N2O2S/c1-20(2)33-29(36)27(17-21-7-4-3-5-8-21)34(19-22-10-11-24(31)18-26(22)32)28(35)9-6-16-37-25-14-12-23(30)13-15-25/h3-5,7-8,10-15,18,20,27H,6,9,16-17,19H2,1-2H3,(H,33,36)/t27-/m1/s1. The first-order valence-electron chi connectivity index (χ1n) is 12.2. The molecule has 196 valence electrons. The van der Waals surface area contributed by atoms with Gasteiger partial charge in [-0.2, -0.15) is 0 Å². The number of benzene rings is 3. The number of hydrogen-bond donors (Lipinski definition) is 1. The second-order valence-corrected chi connectivity index (χ2v) is 11.5. The SMILES string of the molecule is CC(C)NC(=O)[C@@H](Cc1ccccc1)N(Cc1ccc(Cl)cc1Cl)C(=O)CCCSc1ccc(Cl)cc1. The van der Waals surface area contributed by atoms with E-state index in [4.69, 9.17) is 34.8 Å². The van der Waals surface area contributed by atoms with Crippen molar-refractivity contribution in [2.45, 2.75) is 56.6 Å². The van der Waals surface area contributed by atoms with Crippen molar-refractivity contribution in [1.82, 2.24) is 10.2 Å². The molecule has 0 unspecified atom stereocenters. The number of amides is 2. The summed E-state index contributed by atoms with van der Waals surface area (Å²) in [7, 11) is 0. The van der Waals surface area contributed by atoms with Crippen LogP contribution in [0.2, 0.25) is 15.1 Å². The predicted molar refractivity (Wildman–Crippen MR) is 156 cm³/mol. The maximum absolute atomic E-state index is 13.7. The summed E-state index contributed by atoms with van der Waals surface area (Å²) in [6.45, 7) is 4.03. The minimum absolute atomic E-state index is 0.0578. The van der Waals surface area contributed by atoms with E-state index < -0.39 is 6.04 Å². The molecule has 0 fully saturated rings. The van der Waals surface area contributed by atoms with Crippen LogP contribution in [-0.4, -0.2) is 34.6 Å². The molecule has 0 saturated heterocycles. The van der Waals surface area contributed by atoms with Crippen LogP contribution in [0.1, 0.15) is 37.8 Å². The van der Waals surface area contributed by atoms with Crippen molar-refractivity contribution >= 4 is 58.4 Å². The third-order valence-corrected chi connectivity index (χ3v) is 7.61. The molecule has 37 heavy (non-hydrogen) atoms. The van der Waals surface area contributed by atoms with Crippen LogP contribution in [0.3, 0.4) is 0 Å². The summed E-state index contributed by atoms with van der Waals surface area (Å²) in [5, 5.41) is 4.68. The number of carbonyl (C=O) groups is 2. The lowest BCUT2D eigenvalue weighted by molar-refractivity contribution is -0.141. The van der Waals surface area contributed by atoms with Gasteiger partial charge in [-0.05, 0) is 73.5 Å². The lowest BCUT2D eigenvalue weighted by atomic mass is 10.0. The lowest BCUT2D eigenvalue weighted by Gasteiger charge is -2.32. The van der Waals surface area contributed by atoms with E-state index in [1.807, 2.05) is 68.4 Å². The molecular formula is C29H31Cl3N2O2S. The average Bonchev–Trinajstić information content (AvgIpc) is 2.86. The fourth-order valence-corrected chi connectivity index (χ4v) is 5.30. The molecule has 3 aromatic carbocycles. The molecule has 0 aliphatic rings. The minimum Gasteiger partial charge on any atom is -0.352 e. The highest BCUT2D eigenvalue weighted by Gasteiger charge is 2.30. The second-order valence-electron chi connectivity index (χ2n) is 9.03. The average molecular weight is 578 g/mol. The first-order valence-corrected chi connectivity index (χ1v) is 14.3. The van der Waals surface area contributed by atoms with Crippen molar-refractivity contribution in [3.05, 3.63) is 99.0 Å². The molecule has 1 N–H and O–H groups in total. The molecule has 0 radical (unpaired) electrons. The van der Waals surface area contributed by atoms with Gasteiger partial charge in [0.05, 0.1) is 0 Å². The Hall–Kier alpha value is -2.18. The van der Waals surface area contributed by atoms with Crippen molar-refractivity contribution in [2.24, 2.45) is 0 Å². The Kier molecular flexibility index (Phi) is 11.7. The van der Waals surface area contributed by atoms with Crippen LogP contribution in [0.15, 0.2) is 77.7 Å². The fourth-order valence-electron chi connectivity index (χ4n) is 3.86. The van der Waals surface area contributed by atoms with Crippen LogP contribution in [0.25, 0.3) is 0 Å². The maximum atomic E-state index is 13.7. The number of rotatable bonds is 12. The molecule has 1 atom stereocenters. The van der Waals surface area contributed by atoms with Gasteiger partial charge in [-0.25, -0.2) is 0 Å². The number of hydrogen-bond acceptors (Lipinski definition) is 3. The van der Waals surface area contributed by atoms with Crippen LogP contribution in [-0.2, 0) is 22.6 Å². The van der Waals surface area contributed by atoms with E-state index in [9.17, 15) is 9.59 Å². The molecule has 3 aromatic rings. The van der Waals surface area contributed by atoms with E-state index >= 15 is 0 Å². The number of nitrogens with one attached hydrogen (secondary N) is 1. The maximum Gasteiger partial charge on any atom is 0.243 e. The molecular weight excluding hydrogens is 547 g/mol. The first kappa shape index (κ1) is 29.4. The largest absolute Gasteiger partial charge is 0.352 e. The summed E-state index contributed by atoms with van der Waals surface area (Å²) >= 11 is 20.2. The molecule has 0 bridgehead atoms. The lowest BCUT2D eigenvalue weighted by Crippen LogP contribution is -2.51. The van der Waals surface area contributed by atoms with Gasteiger partial charge in [-0.1, -0.05) is 71.2 Å². The summed E-state index contributed by atoms with van der Waals surface area (Å²) in [6, 6.07) is 21.8. The molecule has 0 saturated carbocycles. The van der Waals surface area contributed by atoms with Gasteiger partial charge in [0.15, 0.2) is 0 Å². The third-order valence-electron chi connectivity index (χ3n) is 5.68. The van der Waals surface area contributed by atoms with Crippen LogP contribution in [0, 0.1) is 0 Å². The van der Waals surface area contributed by atoms with Crippen molar-refractivity contribution < 1.29 is 9.59 Å². The quantitative estimate of drug-likeness (QED) is 0.177. The zero-order valence-corrected chi connectivity index (χ0v) is 24.0. The molecule has 3 rings (SSSR count). The second kappa shape index (κ2) is 14.7. The van der Waals surface area contributed by atoms with Crippen molar-refractivity contribution in [2.75, 3.05) is 5.75 Å². The monoisotopic (exact) mass is 576 g/mol. The Bertz CT molecular complexity index is 1170. The normalized spacial score (nSPS) is 11.8. The van der Waals surface area contributed by atoms with Gasteiger partial charge in [0, 0.05) is 45.4 Å². The summed E-state index contributed by atoms with van der Waals surface area (Å²) < 4.78 is 0. The molecule has 2 amide bonds. The Morgan fingerprint density at radius 2 is 1.59 bits per heavy atom. The van der Waals surface area contributed by atoms with Crippen LogP contribution < -0.4 is 5.32 Å². The zero-order valence-electron chi connectivity index (χ0n) is 20.9. The summed E-state index contributed by atoms with van der Waals surface area (Å²) in [5.74, 6) is 0.486. The molecule has 4 nitrogen and oxygen atoms in total.